The summed E-state index contributed by atoms with van der Waals surface area (Å²) in [5.41, 5.74) is 1.00. The molecule has 0 fully saturated rings. The van der Waals surface area contributed by atoms with E-state index >= 15 is 0 Å². The molecule has 0 heterocycles. The van der Waals surface area contributed by atoms with Crippen LogP contribution in [0.2, 0.25) is 0 Å². The van der Waals surface area contributed by atoms with E-state index < -0.39 is 10.0 Å². The van der Waals surface area contributed by atoms with Gasteiger partial charge in [0, 0.05) is 6.54 Å². The number of thioether (sulfide) groups is 1. The maximum atomic E-state index is 12.1. The molecule has 0 saturated heterocycles. The van der Waals surface area contributed by atoms with Gasteiger partial charge in [-0.3, -0.25) is 0 Å². The molecule has 4 nitrogen and oxygen atoms in total. The number of sulfonamides is 1. The quantitative estimate of drug-likeness (QED) is 0.784. The van der Waals surface area contributed by atoms with E-state index in [0.29, 0.717) is 17.7 Å². The molecule has 0 aromatic heterocycles. The summed E-state index contributed by atoms with van der Waals surface area (Å²) in [6.45, 7) is 2.16. The van der Waals surface area contributed by atoms with Crippen LogP contribution >= 0.6 is 11.8 Å². The average Bonchev–Trinajstić information content (AvgIpc) is 2.39. The summed E-state index contributed by atoms with van der Waals surface area (Å²) >= 11 is 1.75. The minimum Gasteiger partial charge on any atom is -0.211 e. The van der Waals surface area contributed by atoms with Gasteiger partial charge in [0.1, 0.15) is 0 Å². The van der Waals surface area contributed by atoms with Crippen LogP contribution in [0, 0.1) is 18.3 Å². The third kappa shape index (κ3) is 4.86. The van der Waals surface area contributed by atoms with Crippen molar-refractivity contribution in [3.63, 3.8) is 0 Å². The molecule has 1 aromatic rings. The topological polar surface area (TPSA) is 70.0 Å². The van der Waals surface area contributed by atoms with Gasteiger partial charge in [-0.25, -0.2) is 13.1 Å². The lowest BCUT2D eigenvalue weighted by Crippen LogP contribution is -2.25. The molecule has 1 rings (SSSR count). The van der Waals surface area contributed by atoms with Gasteiger partial charge < -0.3 is 0 Å². The van der Waals surface area contributed by atoms with Gasteiger partial charge >= 0.3 is 0 Å². The highest BCUT2D eigenvalue weighted by molar-refractivity contribution is 7.98. The summed E-state index contributed by atoms with van der Waals surface area (Å²) in [5, 5.41) is 8.82. The standard InChI is InChI=1S/C13H18N2O2S2/c1-11-5-6-12(10-14)9-13(11)19(16,17)15-7-3-4-8-18-2/h5-6,9,15H,3-4,7-8H2,1-2H3. The first kappa shape index (κ1) is 16.0. The summed E-state index contributed by atoms with van der Waals surface area (Å²) in [5.74, 6) is 1.03. The Labute approximate surface area is 119 Å². The van der Waals surface area contributed by atoms with E-state index in [4.69, 9.17) is 5.26 Å². The minimum absolute atomic E-state index is 0.191. The number of nitrogens with zero attached hydrogens (tertiary/aromatic N) is 1. The van der Waals surface area contributed by atoms with Gasteiger partial charge in [0.15, 0.2) is 0 Å². The predicted octanol–water partition coefficient (Wildman–Crippen LogP) is 2.29. The summed E-state index contributed by atoms with van der Waals surface area (Å²) in [4.78, 5) is 0.191. The molecule has 0 bridgehead atoms. The van der Waals surface area contributed by atoms with E-state index in [-0.39, 0.29) is 4.90 Å². The molecule has 0 aliphatic carbocycles. The average molecular weight is 298 g/mol. The molecule has 1 aromatic carbocycles. The third-order valence-corrected chi connectivity index (χ3v) is 4.97. The Morgan fingerprint density at radius 2 is 2.11 bits per heavy atom. The maximum absolute atomic E-state index is 12.1. The van der Waals surface area contributed by atoms with Crippen LogP contribution in [0.3, 0.4) is 0 Å². The molecule has 0 radical (unpaired) electrons. The van der Waals surface area contributed by atoms with Crippen molar-refractivity contribution >= 4 is 21.8 Å². The number of hydrogen-bond donors (Lipinski definition) is 1. The predicted molar refractivity (Wildman–Crippen MR) is 78.7 cm³/mol. The van der Waals surface area contributed by atoms with Crippen molar-refractivity contribution in [2.45, 2.75) is 24.7 Å². The molecule has 0 atom stereocenters. The van der Waals surface area contributed by atoms with Crippen LogP contribution in [0.25, 0.3) is 0 Å². The van der Waals surface area contributed by atoms with E-state index in [2.05, 4.69) is 4.72 Å². The maximum Gasteiger partial charge on any atom is 0.240 e. The Kier molecular flexibility index (Phi) is 6.35. The van der Waals surface area contributed by atoms with Crippen molar-refractivity contribution in [3.05, 3.63) is 29.3 Å². The smallest absolute Gasteiger partial charge is 0.211 e. The van der Waals surface area contributed by atoms with Crippen molar-refractivity contribution in [2.75, 3.05) is 18.6 Å². The second-order valence-corrected chi connectivity index (χ2v) is 6.91. The molecule has 6 heteroatoms. The molecule has 0 spiro atoms. The highest BCUT2D eigenvalue weighted by Crippen LogP contribution is 2.16. The summed E-state index contributed by atoms with van der Waals surface area (Å²) in [6, 6.07) is 6.64. The normalized spacial score (nSPS) is 11.2. The lowest BCUT2D eigenvalue weighted by atomic mass is 10.2. The van der Waals surface area contributed by atoms with Crippen LogP contribution < -0.4 is 4.72 Å². The molecule has 0 aliphatic rings. The second kappa shape index (κ2) is 7.53. The van der Waals surface area contributed by atoms with E-state index in [1.165, 1.54) is 6.07 Å². The molecule has 0 amide bonds. The highest BCUT2D eigenvalue weighted by atomic mass is 32.2. The van der Waals surface area contributed by atoms with Crippen LogP contribution in [0.1, 0.15) is 24.0 Å². The van der Waals surface area contributed by atoms with Crippen molar-refractivity contribution in [3.8, 4) is 6.07 Å². The van der Waals surface area contributed by atoms with Gasteiger partial charge in [0.2, 0.25) is 10.0 Å². The lowest BCUT2D eigenvalue weighted by Gasteiger charge is -2.09. The fourth-order valence-corrected chi connectivity index (χ4v) is 3.45. The van der Waals surface area contributed by atoms with Crippen molar-refractivity contribution < 1.29 is 8.42 Å². The molecule has 0 aliphatic heterocycles. The Bertz CT molecular complexity index is 562. The molecule has 19 heavy (non-hydrogen) atoms. The third-order valence-electron chi connectivity index (χ3n) is 2.67. The molecule has 104 valence electrons. The van der Waals surface area contributed by atoms with Gasteiger partial charge in [-0.1, -0.05) is 6.07 Å². The van der Waals surface area contributed by atoms with Crippen LogP contribution in [-0.2, 0) is 10.0 Å². The highest BCUT2D eigenvalue weighted by Gasteiger charge is 2.16. The van der Waals surface area contributed by atoms with Crippen molar-refractivity contribution in [1.82, 2.24) is 4.72 Å². The molecule has 0 saturated carbocycles. The fraction of sp³-hybridized carbons (Fsp3) is 0.462. The Morgan fingerprint density at radius 1 is 1.37 bits per heavy atom. The lowest BCUT2D eigenvalue weighted by molar-refractivity contribution is 0.578. The van der Waals surface area contributed by atoms with Crippen LogP contribution in [0.5, 0.6) is 0 Å². The van der Waals surface area contributed by atoms with Crippen LogP contribution in [0.15, 0.2) is 23.1 Å². The number of benzene rings is 1. The summed E-state index contributed by atoms with van der Waals surface area (Å²) in [6.07, 6.45) is 3.83. The first-order valence-electron chi connectivity index (χ1n) is 6.00. The van der Waals surface area contributed by atoms with E-state index in [1.807, 2.05) is 12.3 Å². The van der Waals surface area contributed by atoms with E-state index in [1.54, 1.807) is 30.8 Å². The van der Waals surface area contributed by atoms with Crippen molar-refractivity contribution in [1.29, 1.82) is 5.26 Å². The molecule has 0 unspecified atom stereocenters. The summed E-state index contributed by atoms with van der Waals surface area (Å²) in [7, 11) is -3.52. The first-order chi connectivity index (χ1) is 9.01. The van der Waals surface area contributed by atoms with Gasteiger partial charge in [-0.2, -0.15) is 17.0 Å². The van der Waals surface area contributed by atoms with Gasteiger partial charge in [-0.15, -0.1) is 0 Å². The number of unbranched alkanes of at least 4 members (excludes halogenated alkanes) is 1. The van der Waals surface area contributed by atoms with Crippen LogP contribution in [0.4, 0.5) is 0 Å². The van der Waals surface area contributed by atoms with Gasteiger partial charge in [-0.05, 0) is 49.5 Å². The number of nitriles is 1. The van der Waals surface area contributed by atoms with Gasteiger partial charge in [0.05, 0.1) is 16.5 Å². The monoisotopic (exact) mass is 298 g/mol. The Morgan fingerprint density at radius 3 is 2.74 bits per heavy atom. The SMILES string of the molecule is CSCCCCNS(=O)(=O)c1cc(C#N)ccc1C. The number of rotatable bonds is 7. The number of aryl methyl sites for hydroxylation is 1. The van der Waals surface area contributed by atoms with E-state index in [9.17, 15) is 8.42 Å². The second-order valence-electron chi connectivity index (χ2n) is 4.19. The van der Waals surface area contributed by atoms with Crippen molar-refractivity contribution in [2.24, 2.45) is 0 Å². The van der Waals surface area contributed by atoms with Crippen LogP contribution in [-0.4, -0.2) is 27.0 Å². The van der Waals surface area contributed by atoms with E-state index in [0.717, 1.165) is 18.6 Å². The zero-order valence-corrected chi connectivity index (χ0v) is 12.8. The zero-order chi connectivity index (χ0) is 14.3. The first-order valence-corrected chi connectivity index (χ1v) is 8.88. The minimum atomic E-state index is -3.52. The van der Waals surface area contributed by atoms with Gasteiger partial charge in [0.25, 0.3) is 0 Å². The largest absolute Gasteiger partial charge is 0.240 e. The number of nitrogens with one attached hydrogen (secondary N) is 1. The fourth-order valence-electron chi connectivity index (χ4n) is 1.61. The Hall–Kier alpha value is -1.03. The summed E-state index contributed by atoms with van der Waals surface area (Å²) < 4.78 is 26.8. The Balaban J connectivity index is 2.75. The number of hydrogen-bond acceptors (Lipinski definition) is 4. The zero-order valence-electron chi connectivity index (χ0n) is 11.1. The molecular weight excluding hydrogens is 280 g/mol. The molecule has 1 N–H and O–H groups in total. The molecular formula is C13H18N2O2S2.